The molecule has 2 heterocycles. The topological polar surface area (TPSA) is 70.1 Å². The van der Waals surface area contributed by atoms with Gasteiger partial charge >= 0.3 is 6.03 Å². The van der Waals surface area contributed by atoms with Crippen LogP contribution in [0.3, 0.4) is 0 Å². The van der Waals surface area contributed by atoms with Gasteiger partial charge in [0.25, 0.3) is 0 Å². The van der Waals surface area contributed by atoms with Gasteiger partial charge in [0.1, 0.15) is 5.01 Å². The number of urea groups is 1. The third-order valence-electron chi connectivity index (χ3n) is 2.92. The maximum atomic E-state index is 11.6. The van der Waals surface area contributed by atoms with Gasteiger partial charge in [0.2, 0.25) is 5.13 Å². The molecule has 1 saturated heterocycles. The summed E-state index contributed by atoms with van der Waals surface area (Å²) in [5.41, 5.74) is 0. The highest BCUT2D eigenvalue weighted by atomic mass is 32.1. The number of aryl methyl sites for hydroxylation is 1. The minimum Gasteiger partial charge on any atom is -0.336 e. The predicted octanol–water partition coefficient (Wildman–Crippen LogP) is 1.06. The van der Waals surface area contributed by atoms with Crippen LogP contribution in [0, 0.1) is 6.92 Å². The van der Waals surface area contributed by atoms with E-state index in [0.717, 1.165) is 18.0 Å². The molecule has 0 aromatic carbocycles. The second kappa shape index (κ2) is 5.42. The smallest absolute Gasteiger partial charge is 0.321 e. The van der Waals surface area contributed by atoms with Gasteiger partial charge in [0.15, 0.2) is 0 Å². The fourth-order valence-corrected chi connectivity index (χ4v) is 2.52. The second-order valence-electron chi connectivity index (χ2n) is 4.24. The lowest BCUT2D eigenvalue weighted by Gasteiger charge is -2.19. The lowest BCUT2D eigenvalue weighted by atomic mass is 10.2. The number of amides is 2. The molecule has 0 spiro atoms. The number of hydrogen-bond acceptors (Lipinski definition) is 5. The van der Waals surface area contributed by atoms with Crippen LogP contribution < -0.4 is 10.6 Å². The van der Waals surface area contributed by atoms with Crippen molar-refractivity contribution in [1.29, 1.82) is 0 Å². The molecule has 0 unspecified atom stereocenters. The number of carbonyl (C=O) groups excluding carboxylic acids is 1. The zero-order valence-electron chi connectivity index (χ0n) is 10.1. The van der Waals surface area contributed by atoms with Crippen molar-refractivity contribution in [3.63, 3.8) is 0 Å². The van der Waals surface area contributed by atoms with Crippen LogP contribution in [0.25, 0.3) is 0 Å². The standard InChI is InChI=1S/C10H17N5OS/c1-7-13-14-10(17-7)12-9(16)11-6-8-4-3-5-15(8)2/h8H,3-6H2,1-2H3,(H2,11,12,14,16)/t8-/m0/s1. The number of anilines is 1. The van der Waals surface area contributed by atoms with E-state index in [-0.39, 0.29) is 6.03 Å². The van der Waals surface area contributed by atoms with E-state index in [2.05, 4.69) is 32.8 Å². The van der Waals surface area contributed by atoms with Gasteiger partial charge in [0.05, 0.1) is 0 Å². The number of carbonyl (C=O) groups is 1. The number of hydrogen-bond donors (Lipinski definition) is 2. The number of likely N-dealkylation sites (N-methyl/N-ethyl adjacent to an activating group) is 1. The van der Waals surface area contributed by atoms with Crippen molar-refractivity contribution in [1.82, 2.24) is 20.4 Å². The summed E-state index contributed by atoms with van der Waals surface area (Å²) in [4.78, 5) is 13.9. The molecule has 0 radical (unpaired) electrons. The number of nitrogens with one attached hydrogen (secondary N) is 2. The summed E-state index contributed by atoms with van der Waals surface area (Å²) in [7, 11) is 2.09. The Bertz CT molecular complexity index is 394. The number of nitrogens with zero attached hydrogens (tertiary/aromatic N) is 3. The lowest BCUT2D eigenvalue weighted by Crippen LogP contribution is -2.40. The highest BCUT2D eigenvalue weighted by Gasteiger charge is 2.21. The molecule has 0 saturated carbocycles. The normalized spacial score (nSPS) is 20.5. The first kappa shape index (κ1) is 12.3. The summed E-state index contributed by atoms with van der Waals surface area (Å²) in [6.07, 6.45) is 2.36. The number of rotatable bonds is 3. The first-order valence-electron chi connectivity index (χ1n) is 5.70. The molecule has 2 amide bonds. The largest absolute Gasteiger partial charge is 0.336 e. The summed E-state index contributed by atoms with van der Waals surface area (Å²) in [5, 5.41) is 14.6. The van der Waals surface area contributed by atoms with E-state index in [1.54, 1.807) is 0 Å². The molecule has 1 fully saturated rings. The molecule has 7 heteroatoms. The SMILES string of the molecule is Cc1nnc(NC(=O)NC[C@@H]2CCCN2C)s1. The Labute approximate surface area is 104 Å². The summed E-state index contributed by atoms with van der Waals surface area (Å²) in [5.74, 6) is 0. The Morgan fingerprint density at radius 1 is 1.59 bits per heavy atom. The first-order valence-corrected chi connectivity index (χ1v) is 6.52. The zero-order valence-corrected chi connectivity index (χ0v) is 10.9. The molecule has 1 aromatic heterocycles. The maximum Gasteiger partial charge on any atom is 0.321 e. The third kappa shape index (κ3) is 3.37. The Balaban J connectivity index is 1.74. The van der Waals surface area contributed by atoms with Gasteiger partial charge in [-0.05, 0) is 33.4 Å². The van der Waals surface area contributed by atoms with Crippen LogP contribution in [0.15, 0.2) is 0 Å². The quantitative estimate of drug-likeness (QED) is 0.847. The highest BCUT2D eigenvalue weighted by molar-refractivity contribution is 7.15. The minimum atomic E-state index is -0.207. The van der Waals surface area contributed by atoms with Crippen molar-refractivity contribution < 1.29 is 4.79 Å². The van der Waals surface area contributed by atoms with Gasteiger partial charge in [-0.15, -0.1) is 10.2 Å². The average molecular weight is 255 g/mol. The average Bonchev–Trinajstić information content (AvgIpc) is 2.85. The molecule has 0 aliphatic carbocycles. The molecule has 2 N–H and O–H groups in total. The summed E-state index contributed by atoms with van der Waals surface area (Å²) < 4.78 is 0. The third-order valence-corrected chi connectivity index (χ3v) is 3.67. The Morgan fingerprint density at radius 2 is 2.41 bits per heavy atom. The highest BCUT2D eigenvalue weighted by Crippen LogP contribution is 2.14. The van der Waals surface area contributed by atoms with Crippen molar-refractivity contribution in [2.45, 2.75) is 25.8 Å². The molecule has 1 aliphatic heterocycles. The van der Waals surface area contributed by atoms with Crippen molar-refractivity contribution in [2.75, 3.05) is 25.5 Å². The molecule has 1 aromatic rings. The first-order chi connectivity index (χ1) is 8.15. The van der Waals surface area contributed by atoms with Crippen molar-refractivity contribution in [3.05, 3.63) is 5.01 Å². The molecule has 2 rings (SSSR count). The molecular formula is C10H17N5OS. The minimum absolute atomic E-state index is 0.207. The van der Waals surface area contributed by atoms with E-state index < -0.39 is 0 Å². The van der Waals surface area contributed by atoms with Crippen molar-refractivity contribution >= 4 is 22.5 Å². The van der Waals surface area contributed by atoms with Crippen LogP contribution >= 0.6 is 11.3 Å². The van der Waals surface area contributed by atoms with Crippen LogP contribution in [-0.4, -0.2) is 47.3 Å². The van der Waals surface area contributed by atoms with Crippen LogP contribution in [0.2, 0.25) is 0 Å². The molecular weight excluding hydrogens is 238 g/mol. The van der Waals surface area contributed by atoms with Gasteiger partial charge in [-0.25, -0.2) is 4.79 Å². The predicted molar refractivity (Wildman–Crippen MR) is 67.3 cm³/mol. The maximum absolute atomic E-state index is 11.6. The second-order valence-corrected chi connectivity index (χ2v) is 5.42. The van der Waals surface area contributed by atoms with Crippen molar-refractivity contribution in [3.8, 4) is 0 Å². The zero-order chi connectivity index (χ0) is 12.3. The van der Waals surface area contributed by atoms with E-state index in [1.165, 1.54) is 17.8 Å². The fraction of sp³-hybridized carbons (Fsp3) is 0.700. The number of likely N-dealkylation sites (tertiary alicyclic amines) is 1. The summed E-state index contributed by atoms with van der Waals surface area (Å²) in [6.45, 7) is 3.65. The van der Waals surface area contributed by atoms with Crippen LogP contribution in [-0.2, 0) is 0 Å². The van der Waals surface area contributed by atoms with E-state index >= 15 is 0 Å². The lowest BCUT2D eigenvalue weighted by molar-refractivity contribution is 0.245. The molecule has 1 atom stereocenters. The monoisotopic (exact) mass is 255 g/mol. The van der Waals surface area contributed by atoms with Gasteiger partial charge in [0, 0.05) is 12.6 Å². The fourth-order valence-electron chi connectivity index (χ4n) is 1.94. The van der Waals surface area contributed by atoms with Gasteiger partial charge < -0.3 is 10.2 Å². The van der Waals surface area contributed by atoms with E-state index in [9.17, 15) is 4.79 Å². The van der Waals surface area contributed by atoms with Gasteiger partial charge in [-0.2, -0.15) is 0 Å². The molecule has 94 valence electrons. The molecule has 17 heavy (non-hydrogen) atoms. The van der Waals surface area contributed by atoms with Crippen LogP contribution in [0.5, 0.6) is 0 Å². The molecule has 6 nitrogen and oxygen atoms in total. The number of aromatic nitrogens is 2. The summed E-state index contributed by atoms with van der Waals surface area (Å²) >= 11 is 1.37. The Morgan fingerprint density at radius 3 is 3.00 bits per heavy atom. The Kier molecular flexibility index (Phi) is 3.90. The van der Waals surface area contributed by atoms with Crippen LogP contribution in [0.1, 0.15) is 17.8 Å². The van der Waals surface area contributed by atoms with Gasteiger partial charge in [-0.3, -0.25) is 5.32 Å². The van der Waals surface area contributed by atoms with Gasteiger partial charge in [-0.1, -0.05) is 11.3 Å². The van der Waals surface area contributed by atoms with Crippen LogP contribution in [0.4, 0.5) is 9.93 Å². The van der Waals surface area contributed by atoms with E-state index in [0.29, 0.717) is 17.7 Å². The molecule has 1 aliphatic rings. The van der Waals surface area contributed by atoms with Crippen molar-refractivity contribution in [2.24, 2.45) is 0 Å². The summed E-state index contributed by atoms with van der Waals surface area (Å²) in [6, 6.07) is 0.248. The molecule has 0 bridgehead atoms. The van der Waals surface area contributed by atoms with E-state index in [4.69, 9.17) is 0 Å². The van der Waals surface area contributed by atoms with E-state index in [1.807, 2.05) is 6.92 Å². The Hall–Kier alpha value is -1.21.